The maximum Gasteiger partial charge on any atom is 0.317 e. The smallest absolute Gasteiger partial charge is 0.317 e. The third kappa shape index (κ3) is 3.03. The van der Waals surface area contributed by atoms with Crippen LogP contribution in [0.5, 0.6) is 0 Å². The fourth-order valence-electron chi connectivity index (χ4n) is 2.42. The van der Waals surface area contributed by atoms with E-state index in [0.29, 0.717) is 25.1 Å². The number of rotatable bonds is 4. The van der Waals surface area contributed by atoms with E-state index in [9.17, 15) is 4.79 Å². The number of hydrogen-bond acceptors (Lipinski definition) is 3. The zero-order valence-electron chi connectivity index (χ0n) is 10.9. The summed E-state index contributed by atoms with van der Waals surface area (Å²) in [4.78, 5) is 13.9. The highest BCUT2D eigenvalue weighted by molar-refractivity contribution is 7.07. The average Bonchev–Trinajstić information content (AvgIpc) is 2.97. The maximum absolute atomic E-state index is 12.0. The van der Waals surface area contributed by atoms with Gasteiger partial charge < -0.3 is 15.0 Å². The summed E-state index contributed by atoms with van der Waals surface area (Å²) < 4.78 is 4.93. The molecule has 1 fully saturated rings. The van der Waals surface area contributed by atoms with Crippen LogP contribution in [-0.4, -0.2) is 43.8 Å². The number of carbonyl (C=O) groups excluding carboxylic acids is 1. The van der Waals surface area contributed by atoms with E-state index in [4.69, 9.17) is 4.74 Å². The van der Waals surface area contributed by atoms with Crippen molar-refractivity contribution >= 4 is 17.4 Å². The number of nitrogens with zero attached hydrogens (tertiary/aromatic N) is 1. The van der Waals surface area contributed by atoms with Crippen molar-refractivity contribution in [3.05, 3.63) is 22.4 Å². The second-order valence-corrected chi connectivity index (χ2v) is 5.50. The molecule has 1 saturated heterocycles. The number of nitrogens with one attached hydrogen (secondary N) is 1. The summed E-state index contributed by atoms with van der Waals surface area (Å²) >= 11 is 1.72. The van der Waals surface area contributed by atoms with E-state index in [1.165, 1.54) is 5.56 Å². The number of hydrogen-bond donors (Lipinski definition) is 1. The third-order valence-electron chi connectivity index (χ3n) is 3.43. The highest BCUT2D eigenvalue weighted by Crippen LogP contribution is 2.32. The molecule has 2 rings (SSSR count). The van der Waals surface area contributed by atoms with Gasteiger partial charge in [-0.1, -0.05) is 0 Å². The predicted octanol–water partition coefficient (Wildman–Crippen LogP) is 2.28. The van der Waals surface area contributed by atoms with Crippen LogP contribution in [-0.2, 0) is 4.74 Å². The standard InChI is InChI=1S/C13H20N2O2S/c1-10-7-12(11-3-6-18-9-11)8-15(10)13(16)14-4-5-17-2/h3,6,9-10,12H,4-5,7-8H2,1-2H3,(H,14,16)/t10-,12-/m1/s1. The number of urea groups is 1. The van der Waals surface area contributed by atoms with E-state index in [1.54, 1.807) is 18.4 Å². The Morgan fingerprint density at radius 1 is 1.67 bits per heavy atom. The molecule has 0 saturated carbocycles. The van der Waals surface area contributed by atoms with E-state index in [2.05, 4.69) is 29.1 Å². The average molecular weight is 268 g/mol. The first kappa shape index (κ1) is 13.4. The lowest BCUT2D eigenvalue weighted by molar-refractivity contribution is 0.178. The lowest BCUT2D eigenvalue weighted by Crippen LogP contribution is -2.42. The van der Waals surface area contributed by atoms with Gasteiger partial charge in [0.1, 0.15) is 0 Å². The van der Waals surface area contributed by atoms with Crippen LogP contribution >= 0.6 is 11.3 Å². The summed E-state index contributed by atoms with van der Waals surface area (Å²) in [5, 5.41) is 7.17. The van der Waals surface area contributed by atoms with Gasteiger partial charge in [-0.05, 0) is 35.7 Å². The molecule has 4 nitrogen and oxygen atoms in total. The van der Waals surface area contributed by atoms with Crippen molar-refractivity contribution in [2.75, 3.05) is 26.8 Å². The molecule has 0 radical (unpaired) electrons. The number of carbonyl (C=O) groups is 1. The van der Waals surface area contributed by atoms with Gasteiger partial charge in [-0.15, -0.1) is 0 Å². The number of amides is 2. The van der Waals surface area contributed by atoms with Crippen LogP contribution in [0.15, 0.2) is 16.8 Å². The molecule has 5 heteroatoms. The molecule has 0 aromatic carbocycles. The lowest BCUT2D eigenvalue weighted by Gasteiger charge is -2.21. The van der Waals surface area contributed by atoms with Gasteiger partial charge in [0.25, 0.3) is 0 Å². The molecule has 1 N–H and O–H groups in total. The van der Waals surface area contributed by atoms with Gasteiger partial charge in [-0.25, -0.2) is 4.79 Å². The molecule has 1 aromatic rings. The van der Waals surface area contributed by atoms with Crippen molar-refractivity contribution < 1.29 is 9.53 Å². The zero-order valence-corrected chi connectivity index (χ0v) is 11.7. The van der Waals surface area contributed by atoms with Crippen LogP contribution in [0.25, 0.3) is 0 Å². The van der Waals surface area contributed by atoms with Crippen LogP contribution in [0.4, 0.5) is 4.79 Å². The quantitative estimate of drug-likeness (QED) is 0.851. The van der Waals surface area contributed by atoms with Crippen molar-refractivity contribution in [3.8, 4) is 0 Å². The van der Waals surface area contributed by atoms with Crippen LogP contribution in [0.1, 0.15) is 24.8 Å². The second-order valence-electron chi connectivity index (χ2n) is 4.72. The number of methoxy groups -OCH3 is 1. The third-order valence-corrected chi connectivity index (χ3v) is 4.13. The summed E-state index contributed by atoms with van der Waals surface area (Å²) in [5.41, 5.74) is 1.36. The summed E-state index contributed by atoms with van der Waals surface area (Å²) in [7, 11) is 1.64. The fraction of sp³-hybridized carbons (Fsp3) is 0.615. The summed E-state index contributed by atoms with van der Waals surface area (Å²) in [6, 6.07) is 2.49. The van der Waals surface area contributed by atoms with Gasteiger partial charge in [-0.2, -0.15) is 11.3 Å². The molecule has 1 aromatic heterocycles. The Morgan fingerprint density at radius 2 is 2.50 bits per heavy atom. The Balaban J connectivity index is 1.88. The van der Waals surface area contributed by atoms with Crippen molar-refractivity contribution in [1.82, 2.24) is 10.2 Å². The normalized spacial score (nSPS) is 23.3. The molecule has 0 aliphatic carbocycles. The first-order valence-electron chi connectivity index (χ1n) is 6.28. The van der Waals surface area contributed by atoms with Gasteiger partial charge in [0.05, 0.1) is 6.61 Å². The fourth-order valence-corrected chi connectivity index (χ4v) is 3.17. The molecule has 18 heavy (non-hydrogen) atoms. The highest BCUT2D eigenvalue weighted by Gasteiger charge is 2.33. The Morgan fingerprint density at radius 3 is 3.17 bits per heavy atom. The Labute approximate surface area is 112 Å². The minimum atomic E-state index is 0.0253. The van der Waals surface area contributed by atoms with E-state index in [1.807, 2.05) is 4.90 Å². The first-order chi connectivity index (χ1) is 8.72. The molecule has 0 bridgehead atoms. The topological polar surface area (TPSA) is 41.6 Å². The van der Waals surface area contributed by atoms with Crippen LogP contribution in [0, 0.1) is 0 Å². The zero-order chi connectivity index (χ0) is 13.0. The van der Waals surface area contributed by atoms with Gasteiger partial charge in [0.15, 0.2) is 0 Å². The molecule has 0 unspecified atom stereocenters. The highest BCUT2D eigenvalue weighted by atomic mass is 32.1. The molecule has 0 spiro atoms. The number of ether oxygens (including phenoxy) is 1. The van der Waals surface area contributed by atoms with Gasteiger partial charge in [0, 0.05) is 32.2 Å². The van der Waals surface area contributed by atoms with E-state index >= 15 is 0 Å². The van der Waals surface area contributed by atoms with Gasteiger partial charge in [-0.3, -0.25) is 0 Å². The van der Waals surface area contributed by atoms with Crippen LogP contribution in [0.3, 0.4) is 0 Å². The molecule has 100 valence electrons. The molecule has 1 aliphatic rings. The minimum absolute atomic E-state index is 0.0253. The molecule has 2 atom stereocenters. The van der Waals surface area contributed by atoms with E-state index in [-0.39, 0.29) is 6.03 Å². The van der Waals surface area contributed by atoms with E-state index in [0.717, 1.165) is 13.0 Å². The van der Waals surface area contributed by atoms with Crippen molar-refractivity contribution in [2.45, 2.75) is 25.3 Å². The Hall–Kier alpha value is -1.07. The maximum atomic E-state index is 12.0. The summed E-state index contributed by atoms with van der Waals surface area (Å²) in [6.45, 7) is 4.06. The van der Waals surface area contributed by atoms with Crippen molar-refractivity contribution in [3.63, 3.8) is 0 Å². The molecule has 2 heterocycles. The number of likely N-dealkylation sites (tertiary alicyclic amines) is 1. The SMILES string of the molecule is COCCNC(=O)N1C[C@H](c2ccsc2)C[C@H]1C. The monoisotopic (exact) mass is 268 g/mol. The Bertz CT molecular complexity index is 380. The Kier molecular flexibility index (Phi) is 4.60. The van der Waals surface area contributed by atoms with Gasteiger partial charge >= 0.3 is 6.03 Å². The largest absolute Gasteiger partial charge is 0.383 e. The lowest BCUT2D eigenvalue weighted by atomic mass is 10.00. The summed E-state index contributed by atoms with van der Waals surface area (Å²) in [5.74, 6) is 0.486. The molecular formula is C13H20N2O2S. The van der Waals surface area contributed by atoms with Crippen molar-refractivity contribution in [1.29, 1.82) is 0 Å². The molecule has 1 aliphatic heterocycles. The first-order valence-corrected chi connectivity index (χ1v) is 7.22. The van der Waals surface area contributed by atoms with E-state index < -0.39 is 0 Å². The number of thiophene rings is 1. The second kappa shape index (κ2) is 6.20. The molecular weight excluding hydrogens is 248 g/mol. The van der Waals surface area contributed by atoms with Crippen molar-refractivity contribution in [2.24, 2.45) is 0 Å². The predicted molar refractivity (Wildman–Crippen MR) is 73.1 cm³/mol. The van der Waals surface area contributed by atoms with Gasteiger partial charge in [0.2, 0.25) is 0 Å². The molecule has 2 amide bonds. The minimum Gasteiger partial charge on any atom is -0.383 e. The van der Waals surface area contributed by atoms with Crippen LogP contribution < -0.4 is 5.32 Å². The van der Waals surface area contributed by atoms with Crippen LogP contribution in [0.2, 0.25) is 0 Å². The summed E-state index contributed by atoms with van der Waals surface area (Å²) in [6.07, 6.45) is 1.05.